The molecule has 122 valence electrons. The molecule has 0 spiro atoms. The van der Waals surface area contributed by atoms with Gasteiger partial charge in [-0.05, 0) is 12.1 Å². The summed E-state index contributed by atoms with van der Waals surface area (Å²) >= 11 is 0. The van der Waals surface area contributed by atoms with Crippen molar-refractivity contribution in [1.29, 1.82) is 0 Å². The quantitative estimate of drug-likeness (QED) is 0.168. The smallest absolute Gasteiger partial charge is 0.207 e. The molecule has 20 heavy (non-hydrogen) atoms. The zero-order valence-electron chi connectivity index (χ0n) is 14.1. The second-order valence-electron chi connectivity index (χ2n) is 5.89. The summed E-state index contributed by atoms with van der Waals surface area (Å²) < 4.78 is 10.8. The highest BCUT2D eigenvalue weighted by molar-refractivity contribution is 6.30. The third-order valence-electron chi connectivity index (χ3n) is 3.75. The number of unbranched alkanes of at least 4 members (excludes halogenated alkanes) is 10. The molecule has 0 aromatic rings. The summed E-state index contributed by atoms with van der Waals surface area (Å²) in [5, 5.41) is 0. The summed E-state index contributed by atoms with van der Waals surface area (Å²) in [5.74, 6) is 0. The van der Waals surface area contributed by atoms with Crippen molar-refractivity contribution in [3.8, 4) is 0 Å². The van der Waals surface area contributed by atoms with Crippen LogP contribution in [0.4, 0.5) is 0 Å². The zero-order chi connectivity index (χ0) is 14.7. The molecule has 4 heteroatoms. The highest BCUT2D eigenvalue weighted by Crippen LogP contribution is 2.08. The van der Waals surface area contributed by atoms with Crippen molar-refractivity contribution in [2.24, 2.45) is 0 Å². The minimum atomic E-state index is -0.366. The van der Waals surface area contributed by atoms with Gasteiger partial charge in [0, 0.05) is 0 Å². The van der Waals surface area contributed by atoms with Crippen LogP contribution >= 0.6 is 0 Å². The Labute approximate surface area is 132 Å². The van der Waals surface area contributed by atoms with E-state index in [4.69, 9.17) is 9.15 Å². The first kappa shape index (κ1) is 20.4. The maximum Gasteiger partial charge on any atom is 0.207 e. The van der Waals surface area contributed by atoms with Crippen molar-refractivity contribution in [3.63, 3.8) is 0 Å². The van der Waals surface area contributed by atoms with E-state index in [9.17, 15) is 0 Å². The minimum Gasteiger partial charge on any atom is -0.306 e. The van der Waals surface area contributed by atoms with Gasteiger partial charge >= 0.3 is 0 Å². The van der Waals surface area contributed by atoms with Crippen molar-refractivity contribution < 1.29 is 9.15 Å². The molecule has 0 aliphatic carbocycles. The van der Waals surface area contributed by atoms with Crippen LogP contribution in [0.1, 0.15) is 90.9 Å². The molecule has 0 N–H and O–H groups in total. The van der Waals surface area contributed by atoms with Crippen molar-refractivity contribution >= 4 is 19.5 Å². The van der Waals surface area contributed by atoms with Crippen LogP contribution in [0.5, 0.6) is 0 Å². The zero-order valence-corrected chi connectivity index (χ0v) is 17.0. The monoisotopic (exact) mass is 318 g/mol. The Hall–Kier alpha value is 0.354. The molecule has 0 amide bonds. The minimum absolute atomic E-state index is 0.366. The molecule has 0 bridgehead atoms. The van der Waals surface area contributed by atoms with E-state index in [1.807, 2.05) is 0 Å². The molecule has 2 nitrogen and oxygen atoms in total. The van der Waals surface area contributed by atoms with E-state index < -0.39 is 0 Å². The average molecular weight is 319 g/mol. The fourth-order valence-corrected chi connectivity index (χ4v) is 4.65. The first-order valence-corrected chi connectivity index (χ1v) is 12.3. The van der Waals surface area contributed by atoms with Crippen LogP contribution < -0.4 is 0 Å². The lowest BCUT2D eigenvalue weighted by atomic mass is 10.1. The average Bonchev–Trinajstić information content (AvgIpc) is 2.47. The van der Waals surface area contributed by atoms with E-state index >= 15 is 0 Å². The predicted molar refractivity (Wildman–Crippen MR) is 95.6 cm³/mol. The van der Waals surface area contributed by atoms with E-state index in [0.717, 1.165) is 0 Å². The summed E-state index contributed by atoms with van der Waals surface area (Å²) in [6, 6.07) is 2.61. The van der Waals surface area contributed by atoms with E-state index in [1.165, 1.54) is 89.1 Å². The molecule has 0 fully saturated rings. The van der Waals surface area contributed by atoms with E-state index in [1.54, 1.807) is 0 Å². The van der Waals surface area contributed by atoms with Crippen LogP contribution in [0.3, 0.4) is 0 Å². The van der Waals surface area contributed by atoms with Gasteiger partial charge < -0.3 is 9.15 Å². The molecule has 0 atom stereocenters. The highest BCUT2D eigenvalue weighted by atomic mass is 28.2. The Morgan fingerprint density at radius 1 is 0.500 bits per heavy atom. The fraction of sp³-hybridized carbons (Fsp3) is 1.00. The molecular weight excluding hydrogens is 280 g/mol. The molecule has 0 radical (unpaired) electrons. The Kier molecular flexibility index (Phi) is 19.7. The van der Waals surface area contributed by atoms with Gasteiger partial charge in [-0.25, -0.2) is 0 Å². The maximum atomic E-state index is 5.41. The SMILES string of the molecule is CCCCCCCC[SiH2]OO[SiH2]CCCCCCCC. The van der Waals surface area contributed by atoms with Gasteiger partial charge in [0.15, 0.2) is 0 Å². The molecule has 0 aliphatic rings. The van der Waals surface area contributed by atoms with Crippen molar-refractivity contribution in [2.75, 3.05) is 0 Å². The normalized spacial score (nSPS) is 12.3. The first-order valence-electron chi connectivity index (χ1n) is 9.16. The molecular formula is C16H38O2Si2. The summed E-state index contributed by atoms with van der Waals surface area (Å²) in [7, 11) is -0.733. The van der Waals surface area contributed by atoms with E-state index in [0.29, 0.717) is 0 Å². The third-order valence-corrected chi connectivity index (χ3v) is 6.32. The number of rotatable bonds is 17. The van der Waals surface area contributed by atoms with Crippen LogP contribution in [0.25, 0.3) is 0 Å². The van der Waals surface area contributed by atoms with Gasteiger partial charge in [0.25, 0.3) is 0 Å². The van der Waals surface area contributed by atoms with Crippen LogP contribution in [-0.2, 0) is 9.15 Å². The molecule has 0 saturated carbocycles. The Morgan fingerprint density at radius 2 is 0.850 bits per heavy atom. The standard InChI is InChI=1S/C16H38O2Si2/c1-3-5-7-9-11-13-15-19-17-18-20-16-14-12-10-8-6-4-2/h3-16,19-20H2,1-2H3. The molecule has 0 heterocycles. The van der Waals surface area contributed by atoms with Gasteiger partial charge in [0.2, 0.25) is 19.5 Å². The maximum absolute atomic E-state index is 5.41. The topological polar surface area (TPSA) is 18.5 Å². The predicted octanol–water partition coefficient (Wildman–Crippen LogP) is 4.66. The lowest BCUT2D eigenvalue weighted by molar-refractivity contribution is -0.0990. The van der Waals surface area contributed by atoms with Crippen LogP contribution in [-0.4, -0.2) is 19.5 Å². The summed E-state index contributed by atoms with van der Waals surface area (Å²) in [6.07, 6.45) is 16.7. The number of hydrogen-bond donors (Lipinski definition) is 0. The Morgan fingerprint density at radius 3 is 1.25 bits per heavy atom. The first-order chi connectivity index (χ1) is 9.91. The number of hydrogen-bond acceptors (Lipinski definition) is 2. The lowest BCUT2D eigenvalue weighted by Crippen LogP contribution is -2.04. The van der Waals surface area contributed by atoms with Gasteiger partial charge in [-0.15, -0.1) is 0 Å². The summed E-state index contributed by atoms with van der Waals surface area (Å²) in [6.45, 7) is 4.54. The largest absolute Gasteiger partial charge is 0.306 e. The second kappa shape index (κ2) is 19.4. The molecule has 0 aliphatic heterocycles. The van der Waals surface area contributed by atoms with Gasteiger partial charge in [0.1, 0.15) is 0 Å². The van der Waals surface area contributed by atoms with Gasteiger partial charge in [-0.1, -0.05) is 90.9 Å². The van der Waals surface area contributed by atoms with Gasteiger partial charge in [-0.2, -0.15) is 0 Å². The molecule has 0 saturated heterocycles. The van der Waals surface area contributed by atoms with Crippen molar-refractivity contribution in [3.05, 3.63) is 0 Å². The van der Waals surface area contributed by atoms with Crippen molar-refractivity contribution in [1.82, 2.24) is 0 Å². The van der Waals surface area contributed by atoms with Crippen LogP contribution in [0.2, 0.25) is 12.1 Å². The van der Waals surface area contributed by atoms with Crippen LogP contribution in [0, 0.1) is 0 Å². The van der Waals surface area contributed by atoms with E-state index in [2.05, 4.69) is 13.8 Å². The van der Waals surface area contributed by atoms with Crippen molar-refractivity contribution in [2.45, 2.75) is 103 Å². The molecule has 0 aromatic carbocycles. The molecule has 0 unspecified atom stereocenters. The van der Waals surface area contributed by atoms with Gasteiger partial charge in [0.05, 0.1) is 0 Å². The van der Waals surface area contributed by atoms with Gasteiger partial charge in [-0.3, -0.25) is 0 Å². The fourth-order valence-electron chi connectivity index (χ4n) is 2.35. The summed E-state index contributed by atoms with van der Waals surface area (Å²) in [4.78, 5) is 0. The Bertz CT molecular complexity index is 151. The third kappa shape index (κ3) is 18.4. The molecule has 0 rings (SSSR count). The Balaban J connectivity index is 2.89. The second-order valence-corrected chi connectivity index (χ2v) is 8.59. The summed E-state index contributed by atoms with van der Waals surface area (Å²) in [5.41, 5.74) is 0. The van der Waals surface area contributed by atoms with Crippen LogP contribution in [0.15, 0.2) is 0 Å². The van der Waals surface area contributed by atoms with E-state index in [-0.39, 0.29) is 19.5 Å². The lowest BCUT2D eigenvalue weighted by Gasteiger charge is -2.04. The molecule has 0 aromatic heterocycles. The highest BCUT2D eigenvalue weighted by Gasteiger charge is 1.95.